The second-order valence-electron chi connectivity index (χ2n) is 7.23. The first kappa shape index (κ1) is 19.3. The number of halogens is 1. The number of rotatable bonds is 4. The Morgan fingerprint density at radius 2 is 2.07 bits per heavy atom. The normalized spacial score (nSPS) is 17.0. The third-order valence-electron chi connectivity index (χ3n) is 5.22. The molecule has 0 saturated carbocycles. The molecule has 0 N–H and O–H groups in total. The van der Waals surface area contributed by atoms with Crippen LogP contribution in [0.4, 0.5) is 4.39 Å². The predicted molar refractivity (Wildman–Crippen MR) is 103 cm³/mol. The van der Waals surface area contributed by atoms with Crippen LogP contribution in [0.1, 0.15) is 34.4 Å². The van der Waals surface area contributed by atoms with Crippen molar-refractivity contribution < 1.29 is 18.4 Å². The number of ether oxygens (including phenoxy) is 1. The van der Waals surface area contributed by atoms with Crippen LogP contribution in [0.25, 0.3) is 5.69 Å². The van der Waals surface area contributed by atoms with E-state index in [-0.39, 0.29) is 24.2 Å². The lowest BCUT2D eigenvalue weighted by molar-refractivity contribution is -0.139. The van der Waals surface area contributed by atoms with E-state index >= 15 is 0 Å². The fraction of sp³-hybridized carbons (Fsp3) is 0.381. The summed E-state index contributed by atoms with van der Waals surface area (Å²) in [7, 11) is 0. The summed E-state index contributed by atoms with van der Waals surface area (Å²) < 4.78 is 26.7. The fourth-order valence-corrected chi connectivity index (χ4v) is 3.89. The molecule has 152 valence electrons. The maximum Gasteiger partial charge on any atom is 0.229 e. The van der Waals surface area contributed by atoms with Crippen LogP contribution in [0.3, 0.4) is 0 Å². The second kappa shape index (κ2) is 7.79. The number of hydrogen-bond donors (Lipinski definition) is 0. The molecular weight excluding hydrogens is 375 g/mol. The monoisotopic (exact) mass is 398 g/mol. The van der Waals surface area contributed by atoms with E-state index in [1.807, 2.05) is 13.8 Å². The summed E-state index contributed by atoms with van der Waals surface area (Å²) >= 11 is 0. The molecule has 1 saturated heterocycles. The van der Waals surface area contributed by atoms with Crippen molar-refractivity contribution in [1.82, 2.24) is 19.8 Å². The maximum atomic E-state index is 14.3. The number of amides is 1. The molecule has 1 amide bonds. The van der Waals surface area contributed by atoms with Gasteiger partial charge in [0, 0.05) is 23.9 Å². The minimum Gasteiger partial charge on any atom is -0.377 e. The van der Waals surface area contributed by atoms with Crippen LogP contribution in [-0.2, 0) is 16.0 Å². The number of aryl methyl sites for hydroxylation is 2. The number of nitrogens with zero attached hydrogens (tertiary/aromatic N) is 4. The Bertz CT molecular complexity index is 1040. The first-order valence-corrected chi connectivity index (χ1v) is 9.56. The van der Waals surface area contributed by atoms with Gasteiger partial charge >= 0.3 is 0 Å². The zero-order valence-corrected chi connectivity index (χ0v) is 16.7. The molecular formula is C21H23FN4O3. The minimum absolute atomic E-state index is 0.0518. The number of morpholine rings is 1. The Morgan fingerprint density at radius 1 is 1.28 bits per heavy atom. The molecule has 1 aromatic carbocycles. The zero-order chi connectivity index (χ0) is 20.5. The van der Waals surface area contributed by atoms with Crippen LogP contribution >= 0.6 is 0 Å². The lowest BCUT2D eigenvalue weighted by atomic mass is 10.0. The summed E-state index contributed by atoms with van der Waals surface area (Å²) in [6.45, 7) is 6.87. The van der Waals surface area contributed by atoms with E-state index in [1.54, 1.807) is 40.8 Å². The molecule has 0 unspecified atom stereocenters. The van der Waals surface area contributed by atoms with Crippen LogP contribution in [0.2, 0.25) is 0 Å². The van der Waals surface area contributed by atoms with Gasteiger partial charge in [-0.3, -0.25) is 4.79 Å². The number of benzene rings is 1. The highest BCUT2D eigenvalue weighted by Gasteiger charge is 2.33. The van der Waals surface area contributed by atoms with Gasteiger partial charge in [-0.15, -0.1) is 0 Å². The number of carbonyl (C=O) groups excluding carboxylic acids is 1. The van der Waals surface area contributed by atoms with Crippen molar-refractivity contribution in [3.8, 4) is 5.69 Å². The van der Waals surface area contributed by atoms with Crippen LogP contribution in [0, 0.1) is 26.6 Å². The minimum atomic E-state index is -0.348. The summed E-state index contributed by atoms with van der Waals surface area (Å²) in [5.41, 5.74) is 3.41. The van der Waals surface area contributed by atoms with Crippen LogP contribution in [0.5, 0.6) is 0 Å². The van der Waals surface area contributed by atoms with Gasteiger partial charge in [-0.05, 0) is 32.9 Å². The first-order valence-electron chi connectivity index (χ1n) is 9.56. The van der Waals surface area contributed by atoms with Gasteiger partial charge in [0.2, 0.25) is 5.91 Å². The molecule has 1 fully saturated rings. The largest absolute Gasteiger partial charge is 0.377 e. The summed E-state index contributed by atoms with van der Waals surface area (Å²) in [5.74, 6) is 0.270. The molecule has 2 aromatic heterocycles. The van der Waals surface area contributed by atoms with E-state index in [0.717, 1.165) is 17.0 Å². The number of para-hydroxylation sites is 1. The first-order chi connectivity index (χ1) is 14.0. The quantitative estimate of drug-likeness (QED) is 0.675. The average Bonchev–Trinajstić information content (AvgIpc) is 3.24. The molecule has 1 aliphatic rings. The smallest absolute Gasteiger partial charge is 0.229 e. The molecule has 29 heavy (non-hydrogen) atoms. The van der Waals surface area contributed by atoms with Crippen LogP contribution < -0.4 is 0 Å². The van der Waals surface area contributed by atoms with Crippen LogP contribution in [0.15, 0.2) is 34.9 Å². The van der Waals surface area contributed by atoms with Gasteiger partial charge in [-0.2, -0.15) is 5.10 Å². The van der Waals surface area contributed by atoms with Gasteiger partial charge in [0.15, 0.2) is 0 Å². The van der Waals surface area contributed by atoms with Crippen molar-refractivity contribution in [3.63, 3.8) is 0 Å². The SMILES string of the molecule is Cc1cc(CC(=O)N2CCOC[C@@H]2c2c(C)nn(-c3ccccc3F)c2C)no1. The Kier molecular flexibility index (Phi) is 5.19. The molecule has 0 radical (unpaired) electrons. The summed E-state index contributed by atoms with van der Waals surface area (Å²) in [4.78, 5) is 14.8. The fourth-order valence-electron chi connectivity index (χ4n) is 3.89. The van der Waals surface area contributed by atoms with Crippen molar-refractivity contribution in [1.29, 1.82) is 0 Å². The highest BCUT2D eigenvalue weighted by molar-refractivity contribution is 5.79. The van der Waals surface area contributed by atoms with E-state index < -0.39 is 0 Å². The topological polar surface area (TPSA) is 73.4 Å². The van der Waals surface area contributed by atoms with Crippen LogP contribution in [-0.4, -0.2) is 45.5 Å². The van der Waals surface area contributed by atoms with Crippen molar-refractivity contribution in [2.75, 3.05) is 19.8 Å². The molecule has 7 nitrogen and oxygen atoms in total. The number of aromatic nitrogens is 3. The maximum absolute atomic E-state index is 14.3. The van der Waals surface area contributed by atoms with Crippen molar-refractivity contribution >= 4 is 5.91 Å². The van der Waals surface area contributed by atoms with Gasteiger partial charge in [0.1, 0.15) is 17.3 Å². The van der Waals surface area contributed by atoms with E-state index in [1.165, 1.54) is 6.07 Å². The van der Waals surface area contributed by atoms with Gasteiger partial charge in [0.05, 0.1) is 37.1 Å². The number of hydrogen-bond acceptors (Lipinski definition) is 5. The van der Waals surface area contributed by atoms with E-state index in [2.05, 4.69) is 10.3 Å². The van der Waals surface area contributed by atoms with Gasteiger partial charge in [-0.25, -0.2) is 9.07 Å². The number of carbonyl (C=O) groups is 1. The third kappa shape index (κ3) is 3.67. The molecule has 3 aromatic rings. The molecule has 1 atom stereocenters. The lowest BCUT2D eigenvalue weighted by Crippen LogP contribution is -2.44. The molecule has 3 heterocycles. The van der Waals surface area contributed by atoms with E-state index in [0.29, 0.717) is 36.9 Å². The Morgan fingerprint density at radius 3 is 2.79 bits per heavy atom. The van der Waals surface area contributed by atoms with Gasteiger partial charge in [0.25, 0.3) is 0 Å². The zero-order valence-electron chi connectivity index (χ0n) is 16.7. The van der Waals surface area contributed by atoms with E-state index in [4.69, 9.17) is 9.26 Å². The highest BCUT2D eigenvalue weighted by Crippen LogP contribution is 2.31. The Balaban J connectivity index is 1.67. The van der Waals surface area contributed by atoms with Crippen molar-refractivity contribution in [2.45, 2.75) is 33.2 Å². The standard InChI is InChI=1S/C21H23FN4O3/c1-13-10-16(24-29-13)11-20(27)25-8-9-28-12-19(25)21-14(2)23-26(15(21)3)18-7-5-4-6-17(18)22/h4-7,10,19H,8-9,11-12H2,1-3H3/t19-/m1/s1. The van der Waals surface area contributed by atoms with E-state index in [9.17, 15) is 9.18 Å². The third-order valence-corrected chi connectivity index (χ3v) is 5.22. The summed E-state index contributed by atoms with van der Waals surface area (Å²) in [6.07, 6.45) is 0.160. The Hall–Kier alpha value is -3.00. The molecule has 1 aliphatic heterocycles. The van der Waals surface area contributed by atoms with Gasteiger partial charge in [-0.1, -0.05) is 17.3 Å². The lowest BCUT2D eigenvalue weighted by Gasteiger charge is -2.36. The summed E-state index contributed by atoms with van der Waals surface area (Å²) in [5, 5.41) is 8.48. The molecule has 0 aliphatic carbocycles. The predicted octanol–water partition coefficient (Wildman–Crippen LogP) is 3.07. The molecule has 4 rings (SSSR count). The highest BCUT2D eigenvalue weighted by atomic mass is 19.1. The molecule has 0 spiro atoms. The summed E-state index contributed by atoms with van der Waals surface area (Å²) in [6, 6.07) is 7.99. The second-order valence-corrected chi connectivity index (χ2v) is 7.23. The average molecular weight is 398 g/mol. The Labute approximate surface area is 168 Å². The molecule has 8 heteroatoms. The van der Waals surface area contributed by atoms with Crippen molar-refractivity contribution in [2.24, 2.45) is 0 Å². The van der Waals surface area contributed by atoms with Gasteiger partial charge < -0.3 is 14.2 Å². The molecule has 0 bridgehead atoms. The van der Waals surface area contributed by atoms with Crippen molar-refractivity contribution in [3.05, 3.63) is 64.6 Å².